The molecule has 1 saturated heterocycles. The Hall–Kier alpha value is -0.0551. The van der Waals surface area contributed by atoms with Gasteiger partial charge in [-0.05, 0) is 19.7 Å². The molecule has 0 amide bonds. The molecule has 11 heavy (non-hydrogen) atoms. The maximum absolute atomic E-state index is 5.29. The minimum atomic E-state index is 0.322. The van der Waals surface area contributed by atoms with Gasteiger partial charge in [-0.25, -0.2) is 0 Å². The van der Waals surface area contributed by atoms with E-state index in [1.165, 1.54) is 0 Å². The van der Waals surface area contributed by atoms with Gasteiger partial charge in [0.25, 0.3) is 6.92 Å². The van der Waals surface area contributed by atoms with Crippen molar-refractivity contribution in [3.63, 3.8) is 0 Å². The molecular formula is C7H17BN2O. The first-order valence-electron chi connectivity index (χ1n) is 4.20. The summed E-state index contributed by atoms with van der Waals surface area (Å²) in [6, 6.07) is 1.000. The first-order chi connectivity index (χ1) is 5.16. The van der Waals surface area contributed by atoms with Crippen molar-refractivity contribution in [2.75, 3.05) is 7.11 Å². The lowest BCUT2D eigenvalue weighted by Crippen LogP contribution is -2.32. The molecule has 0 aromatic carbocycles. The van der Waals surface area contributed by atoms with Crippen LogP contribution in [0.1, 0.15) is 13.8 Å². The molecule has 2 unspecified atom stereocenters. The molecule has 0 spiro atoms. The zero-order valence-corrected chi connectivity index (χ0v) is 7.72. The van der Waals surface area contributed by atoms with E-state index in [0.29, 0.717) is 24.8 Å². The highest BCUT2D eigenvalue weighted by Gasteiger charge is 2.36. The SMILES string of the molecule is COB(C)C1C(C)NNC1C. The van der Waals surface area contributed by atoms with E-state index in [1.807, 2.05) is 0 Å². The van der Waals surface area contributed by atoms with Gasteiger partial charge < -0.3 is 4.65 Å². The molecule has 0 aromatic heterocycles. The first kappa shape index (κ1) is 9.04. The number of hydrogen-bond acceptors (Lipinski definition) is 3. The Balaban J connectivity index is 2.53. The van der Waals surface area contributed by atoms with Gasteiger partial charge in [-0.3, -0.25) is 10.9 Å². The van der Waals surface area contributed by atoms with Crippen LogP contribution in [0.4, 0.5) is 0 Å². The van der Waals surface area contributed by atoms with E-state index >= 15 is 0 Å². The highest BCUT2D eigenvalue weighted by Crippen LogP contribution is 2.24. The molecule has 1 heterocycles. The van der Waals surface area contributed by atoms with Crippen molar-refractivity contribution < 1.29 is 4.65 Å². The number of nitrogens with one attached hydrogen (secondary N) is 2. The van der Waals surface area contributed by atoms with Gasteiger partial charge in [-0.1, -0.05) is 6.82 Å². The van der Waals surface area contributed by atoms with E-state index in [4.69, 9.17) is 4.65 Å². The fourth-order valence-corrected chi connectivity index (χ4v) is 1.86. The molecule has 1 aliphatic rings. The van der Waals surface area contributed by atoms with Crippen LogP contribution in [0.2, 0.25) is 12.6 Å². The summed E-state index contributed by atoms with van der Waals surface area (Å²) >= 11 is 0. The fraction of sp³-hybridized carbons (Fsp3) is 1.00. The van der Waals surface area contributed by atoms with Crippen LogP contribution in [0.5, 0.6) is 0 Å². The van der Waals surface area contributed by atoms with Crippen molar-refractivity contribution in [2.45, 2.75) is 38.6 Å². The summed E-state index contributed by atoms with van der Waals surface area (Å²) in [6.45, 7) is 6.79. The van der Waals surface area contributed by atoms with Crippen molar-refractivity contribution >= 4 is 6.92 Å². The fourth-order valence-electron chi connectivity index (χ4n) is 1.86. The Labute approximate surface area is 69.0 Å². The van der Waals surface area contributed by atoms with Crippen LogP contribution < -0.4 is 10.9 Å². The molecule has 4 heteroatoms. The molecular weight excluding hydrogens is 139 g/mol. The average molecular weight is 156 g/mol. The molecule has 0 bridgehead atoms. The predicted molar refractivity (Wildman–Crippen MR) is 47.6 cm³/mol. The largest absolute Gasteiger partial charge is 0.438 e. The van der Waals surface area contributed by atoms with Crippen LogP contribution in [0.25, 0.3) is 0 Å². The molecule has 2 atom stereocenters. The molecule has 3 nitrogen and oxygen atoms in total. The van der Waals surface area contributed by atoms with Crippen LogP contribution in [-0.4, -0.2) is 26.1 Å². The lowest BCUT2D eigenvalue weighted by Gasteiger charge is -2.20. The van der Waals surface area contributed by atoms with Gasteiger partial charge in [0.1, 0.15) is 0 Å². The van der Waals surface area contributed by atoms with Gasteiger partial charge in [-0.15, -0.1) is 0 Å². The number of rotatable bonds is 2. The lowest BCUT2D eigenvalue weighted by atomic mass is 9.54. The molecule has 0 aliphatic carbocycles. The standard InChI is InChI=1S/C7H17BN2O/c1-5-7(8(3)11-4)6(2)10-9-5/h5-7,9-10H,1-4H3. The Morgan fingerprint density at radius 3 is 2.00 bits per heavy atom. The molecule has 2 N–H and O–H groups in total. The van der Waals surface area contributed by atoms with Gasteiger partial charge >= 0.3 is 0 Å². The second kappa shape index (κ2) is 3.56. The monoisotopic (exact) mass is 156 g/mol. The summed E-state index contributed by atoms with van der Waals surface area (Å²) in [5.41, 5.74) is 6.41. The molecule has 1 fully saturated rings. The van der Waals surface area contributed by atoms with Crippen molar-refractivity contribution in [3.05, 3.63) is 0 Å². The Morgan fingerprint density at radius 2 is 1.64 bits per heavy atom. The van der Waals surface area contributed by atoms with Crippen LogP contribution in [0, 0.1) is 0 Å². The van der Waals surface area contributed by atoms with E-state index in [-0.39, 0.29) is 0 Å². The highest BCUT2D eigenvalue weighted by atomic mass is 16.4. The summed E-state index contributed by atoms with van der Waals surface area (Å²) in [7, 11) is 1.77. The van der Waals surface area contributed by atoms with E-state index in [2.05, 4.69) is 31.5 Å². The van der Waals surface area contributed by atoms with Crippen LogP contribution in [0.3, 0.4) is 0 Å². The number of hydrazine groups is 1. The maximum Gasteiger partial charge on any atom is 0.295 e. The van der Waals surface area contributed by atoms with Gasteiger partial charge in [0, 0.05) is 19.2 Å². The van der Waals surface area contributed by atoms with Crippen molar-refractivity contribution in [1.29, 1.82) is 0 Å². The summed E-state index contributed by atoms with van der Waals surface area (Å²) in [5, 5.41) is 0. The summed E-state index contributed by atoms with van der Waals surface area (Å²) in [6.07, 6.45) is 0. The predicted octanol–water partition coefficient (Wildman–Crippen LogP) is 0.509. The Bertz CT molecular complexity index is 124. The topological polar surface area (TPSA) is 33.3 Å². The van der Waals surface area contributed by atoms with Crippen molar-refractivity contribution in [3.8, 4) is 0 Å². The van der Waals surface area contributed by atoms with E-state index in [0.717, 1.165) is 0 Å². The third-order valence-corrected chi connectivity index (χ3v) is 2.61. The number of hydrogen-bond donors (Lipinski definition) is 2. The zero-order valence-electron chi connectivity index (χ0n) is 7.72. The smallest absolute Gasteiger partial charge is 0.295 e. The van der Waals surface area contributed by atoms with Crippen molar-refractivity contribution in [2.24, 2.45) is 0 Å². The van der Waals surface area contributed by atoms with E-state index in [1.54, 1.807) is 7.11 Å². The van der Waals surface area contributed by atoms with Gasteiger partial charge in [0.15, 0.2) is 0 Å². The molecule has 0 aromatic rings. The third kappa shape index (κ3) is 1.75. The second-order valence-electron chi connectivity index (χ2n) is 3.38. The minimum absolute atomic E-state index is 0.322. The Kier molecular flexibility index (Phi) is 2.93. The maximum atomic E-state index is 5.29. The van der Waals surface area contributed by atoms with Gasteiger partial charge in [0.2, 0.25) is 0 Å². The molecule has 64 valence electrons. The lowest BCUT2D eigenvalue weighted by molar-refractivity contribution is 0.402. The zero-order chi connectivity index (χ0) is 8.43. The molecule has 0 radical (unpaired) electrons. The normalized spacial score (nSPS) is 37.6. The second-order valence-corrected chi connectivity index (χ2v) is 3.38. The molecule has 1 rings (SSSR count). The Morgan fingerprint density at radius 1 is 1.18 bits per heavy atom. The summed E-state index contributed by atoms with van der Waals surface area (Å²) < 4.78 is 5.29. The third-order valence-electron chi connectivity index (χ3n) is 2.61. The average Bonchev–Trinajstić information content (AvgIpc) is 2.30. The molecule has 1 aliphatic heterocycles. The van der Waals surface area contributed by atoms with Crippen molar-refractivity contribution in [1.82, 2.24) is 10.9 Å². The van der Waals surface area contributed by atoms with Gasteiger partial charge in [0.05, 0.1) is 0 Å². The minimum Gasteiger partial charge on any atom is -0.438 e. The van der Waals surface area contributed by atoms with E-state index < -0.39 is 0 Å². The van der Waals surface area contributed by atoms with E-state index in [9.17, 15) is 0 Å². The molecule has 0 saturated carbocycles. The van der Waals surface area contributed by atoms with Crippen LogP contribution in [-0.2, 0) is 4.65 Å². The summed E-state index contributed by atoms with van der Waals surface area (Å²) in [5.74, 6) is 0.569. The van der Waals surface area contributed by atoms with Crippen LogP contribution in [0.15, 0.2) is 0 Å². The highest BCUT2D eigenvalue weighted by molar-refractivity contribution is 6.52. The quantitative estimate of drug-likeness (QED) is 0.571. The van der Waals surface area contributed by atoms with Crippen LogP contribution >= 0.6 is 0 Å². The van der Waals surface area contributed by atoms with Gasteiger partial charge in [-0.2, -0.15) is 0 Å². The summed E-state index contributed by atoms with van der Waals surface area (Å²) in [4.78, 5) is 0. The first-order valence-corrected chi connectivity index (χ1v) is 4.20.